The van der Waals surface area contributed by atoms with Gasteiger partial charge in [-0.2, -0.15) is 0 Å². The summed E-state index contributed by atoms with van der Waals surface area (Å²) in [5.41, 5.74) is 1.29. The number of hydrogen-bond donors (Lipinski definition) is 1. The molecule has 0 bridgehead atoms. The predicted octanol–water partition coefficient (Wildman–Crippen LogP) is 4.14. The zero-order valence-corrected chi connectivity index (χ0v) is 15.1. The van der Waals surface area contributed by atoms with E-state index >= 15 is 0 Å². The summed E-state index contributed by atoms with van der Waals surface area (Å²) in [5.74, 6) is -0.556. The topological polar surface area (TPSA) is 46.2 Å². The second kappa shape index (κ2) is 7.72. The molecule has 0 unspecified atom stereocenters. The Hall–Kier alpha value is -2.31. The molecule has 3 aromatic rings. The van der Waals surface area contributed by atoms with Crippen molar-refractivity contribution in [3.8, 4) is 0 Å². The standard InChI is InChI=1S/C19H16FNO2S2/c1-25(23)16-10-6-14(7-11-16)19(22)21-18(17-3-2-12-24-17)13-4-8-15(20)9-5-13/h2-12,18H,1H3,(H,21,22)/t18-,25-/m1/s1. The van der Waals surface area contributed by atoms with E-state index < -0.39 is 10.8 Å². The van der Waals surface area contributed by atoms with E-state index in [-0.39, 0.29) is 17.8 Å². The second-order valence-corrected chi connectivity index (χ2v) is 7.81. The summed E-state index contributed by atoms with van der Waals surface area (Å²) in [6.07, 6.45) is 1.59. The first-order valence-electron chi connectivity index (χ1n) is 7.58. The monoisotopic (exact) mass is 373 g/mol. The molecule has 128 valence electrons. The van der Waals surface area contributed by atoms with Gasteiger partial charge in [-0.15, -0.1) is 11.3 Å². The Bertz CT molecular complexity index is 875. The van der Waals surface area contributed by atoms with Crippen molar-refractivity contribution < 1.29 is 13.4 Å². The lowest BCUT2D eigenvalue weighted by atomic mass is 10.0. The molecule has 0 fully saturated rings. The highest BCUT2D eigenvalue weighted by Crippen LogP contribution is 2.26. The van der Waals surface area contributed by atoms with Gasteiger partial charge in [0.2, 0.25) is 0 Å². The summed E-state index contributed by atoms with van der Waals surface area (Å²) in [4.78, 5) is 14.3. The molecule has 1 aromatic heterocycles. The largest absolute Gasteiger partial charge is 0.340 e. The summed E-state index contributed by atoms with van der Waals surface area (Å²) >= 11 is 1.52. The molecule has 0 aliphatic heterocycles. The van der Waals surface area contributed by atoms with Crippen LogP contribution in [0.25, 0.3) is 0 Å². The first kappa shape index (κ1) is 17.5. The Morgan fingerprint density at radius 1 is 1.08 bits per heavy atom. The van der Waals surface area contributed by atoms with Crippen LogP contribution in [0.5, 0.6) is 0 Å². The minimum Gasteiger partial charge on any atom is -0.340 e. The molecule has 2 atom stereocenters. The number of rotatable bonds is 5. The van der Waals surface area contributed by atoms with E-state index in [0.29, 0.717) is 10.5 Å². The summed E-state index contributed by atoms with van der Waals surface area (Å²) in [6.45, 7) is 0. The fourth-order valence-electron chi connectivity index (χ4n) is 2.44. The van der Waals surface area contributed by atoms with Crippen molar-refractivity contribution in [1.29, 1.82) is 0 Å². The van der Waals surface area contributed by atoms with Gasteiger partial charge in [-0.1, -0.05) is 18.2 Å². The van der Waals surface area contributed by atoms with Crippen LogP contribution in [0, 0.1) is 5.82 Å². The number of carbonyl (C=O) groups is 1. The maximum Gasteiger partial charge on any atom is 0.252 e. The third kappa shape index (κ3) is 4.21. The molecule has 0 saturated carbocycles. The number of thiophene rings is 1. The van der Waals surface area contributed by atoms with Crippen molar-refractivity contribution in [2.75, 3.05) is 6.26 Å². The van der Waals surface area contributed by atoms with Crippen molar-refractivity contribution in [1.82, 2.24) is 5.32 Å². The molecular weight excluding hydrogens is 357 g/mol. The molecule has 3 rings (SSSR count). The summed E-state index contributed by atoms with van der Waals surface area (Å²) in [7, 11) is -1.08. The molecular formula is C19H16FNO2S2. The summed E-state index contributed by atoms with van der Waals surface area (Å²) in [6, 6.07) is 16.3. The van der Waals surface area contributed by atoms with Crippen LogP contribution in [0.2, 0.25) is 0 Å². The van der Waals surface area contributed by atoms with E-state index in [9.17, 15) is 13.4 Å². The van der Waals surface area contributed by atoms with E-state index in [1.807, 2.05) is 17.5 Å². The minimum atomic E-state index is -1.08. The van der Waals surface area contributed by atoms with Gasteiger partial charge in [0.15, 0.2) is 0 Å². The Balaban J connectivity index is 1.86. The van der Waals surface area contributed by atoms with Gasteiger partial charge in [0.05, 0.1) is 6.04 Å². The van der Waals surface area contributed by atoms with Crippen molar-refractivity contribution in [2.24, 2.45) is 0 Å². The normalized spacial score (nSPS) is 13.2. The SMILES string of the molecule is C[S@@](=O)c1ccc(C(=O)N[C@H](c2ccc(F)cc2)c2cccs2)cc1. The van der Waals surface area contributed by atoms with E-state index in [1.165, 1.54) is 23.5 Å². The molecule has 1 heterocycles. The molecule has 0 spiro atoms. The average Bonchev–Trinajstić information content (AvgIpc) is 3.15. The highest BCUT2D eigenvalue weighted by Gasteiger charge is 2.19. The molecule has 1 amide bonds. The number of amides is 1. The Kier molecular flexibility index (Phi) is 5.40. The zero-order chi connectivity index (χ0) is 17.8. The predicted molar refractivity (Wildman–Crippen MR) is 98.8 cm³/mol. The summed E-state index contributed by atoms with van der Waals surface area (Å²) < 4.78 is 24.7. The molecule has 3 nitrogen and oxygen atoms in total. The quantitative estimate of drug-likeness (QED) is 0.730. The van der Waals surface area contributed by atoms with Crippen LogP contribution in [-0.4, -0.2) is 16.4 Å². The van der Waals surface area contributed by atoms with Crippen LogP contribution >= 0.6 is 11.3 Å². The number of benzene rings is 2. The first-order valence-corrected chi connectivity index (χ1v) is 10.0. The third-order valence-corrected chi connectivity index (χ3v) is 5.63. The molecule has 2 aromatic carbocycles. The molecule has 6 heteroatoms. The van der Waals surface area contributed by atoms with Crippen molar-refractivity contribution in [3.05, 3.63) is 87.9 Å². The number of carbonyl (C=O) groups excluding carboxylic acids is 1. The maximum atomic E-state index is 13.2. The van der Waals surface area contributed by atoms with Crippen molar-refractivity contribution >= 4 is 28.0 Å². The van der Waals surface area contributed by atoms with Gasteiger partial charge in [-0.3, -0.25) is 9.00 Å². The molecule has 1 N–H and O–H groups in total. The third-order valence-electron chi connectivity index (χ3n) is 3.75. The van der Waals surface area contributed by atoms with Crippen LogP contribution in [-0.2, 0) is 10.8 Å². The molecule has 0 saturated heterocycles. The van der Waals surface area contributed by atoms with Crippen LogP contribution in [0.4, 0.5) is 4.39 Å². The average molecular weight is 373 g/mol. The molecule has 25 heavy (non-hydrogen) atoms. The first-order chi connectivity index (χ1) is 12.0. The fraction of sp³-hybridized carbons (Fsp3) is 0.105. The Morgan fingerprint density at radius 3 is 2.32 bits per heavy atom. The van der Waals surface area contributed by atoms with Crippen LogP contribution in [0.1, 0.15) is 26.8 Å². The van der Waals surface area contributed by atoms with Gasteiger partial charge in [0.25, 0.3) is 5.91 Å². The number of halogens is 1. The van der Waals surface area contributed by atoms with Crippen molar-refractivity contribution in [2.45, 2.75) is 10.9 Å². The van der Waals surface area contributed by atoms with E-state index in [2.05, 4.69) is 5.32 Å². The van der Waals surface area contributed by atoms with Crippen LogP contribution in [0.3, 0.4) is 0 Å². The fourth-order valence-corrected chi connectivity index (χ4v) is 3.76. The highest BCUT2D eigenvalue weighted by atomic mass is 32.2. The van der Waals surface area contributed by atoms with Gasteiger partial charge in [0.1, 0.15) is 5.82 Å². The number of nitrogens with one attached hydrogen (secondary N) is 1. The lowest BCUT2D eigenvalue weighted by Gasteiger charge is -2.18. The van der Waals surface area contributed by atoms with Gasteiger partial charge in [-0.25, -0.2) is 4.39 Å². The molecule has 0 aliphatic rings. The van der Waals surface area contributed by atoms with E-state index in [1.54, 1.807) is 42.7 Å². The van der Waals surface area contributed by atoms with Gasteiger partial charge in [-0.05, 0) is 53.4 Å². The maximum absolute atomic E-state index is 13.2. The lowest BCUT2D eigenvalue weighted by Crippen LogP contribution is -2.28. The Morgan fingerprint density at radius 2 is 1.76 bits per heavy atom. The zero-order valence-electron chi connectivity index (χ0n) is 13.4. The Labute approximate surface area is 152 Å². The van der Waals surface area contributed by atoms with Crippen LogP contribution in [0.15, 0.2) is 70.9 Å². The summed E-state index contributed by atoms with van der Waals surface area (Å²) in [5, 5.41) is 4.93. The minimum absolute atomic E-state index is 0.240. The smallest absolute Gasteiger partial charge is 0.252 e. The molecule has 0 aliphatic carbocycles. The second-order valence-electron chi connectivity index (χ2n) is 5.45. The van der Waals surface area contributed by atoms with Crippen molar-refractivity contribution in [3.63, 3.8) is 0 Å². The van der Waals surface area contributed by atoms with E-state index in [0.717, 1.165) is 10.4 Å². The van der Waals surface area contributed by atoms with Gasteiger partial charge < -0.3 is 5.32 Å². The molecule has 0 radical (unpaired) electrons. The van der Waals surface area contributed by atoms with Gasteiger partial charge in [0, 0.05) is 32.4 Å². The highest BCUT2D eigenvalue weighted by molar-refractivity contribution is 7.84. The van der Waals surface area contributed by atoms with E-state index in [4.69, 9.17) is 0 Å². The van der Waals surface area contributed by atoms with Gasteiger partial charge >= 0.3 is 0 Å². The number of hydrogen-bond acceptors (Lipinski definition) is 3. The van der Waals surface area contributed by atoms with Crippen LogP contribution < -0.4 is 5.32 Å². The lowest BCUT2D eigenvalue weighted by molar-refractivity contribution is 0.0943.